The maximum atomic E-state index is 8.43. The Morgan fingerprint density at radius 1 is 1.36 bits per heavy atom. The van der Waals surface area contributed by atoms with E-state index in [1.807, 2.05) is 18.2 Å². The van der Waals surface area contributed by atoms with Gasteiger partial charge in [0.1, 0.15) is 0 Å². The summed E-state index contributed by atoms with van der Waals surface area (Å²) in [7, 11) is 0. The summed E-state index contributed by atoms with van der Waals surface area (Å²) >= 11 is 0. The summed E-state index contributed by atoms with van der Waals surface area (Å²) in [5.74, 6) is 0. The van der Waals surface area contributed by atoms with E-state index in [1.54, 1.807) is 0 Å². The van der Waals surface area contributed by atoms with Crippen molar-refractivity contribution in [3.05, 3.63) is 30.0 Å². The smallest absolute Gasteiger partial charge is 0.0923 e. The van der Waals surface area contributed by atoms with E-state index in [9.17, 15) is 0 Å². The number of nitriles is 1. The molecule has 0 spiro atoms. The van der Waals surface area contributed by atoms with Gasteiger partial charge >= 0.3 is 0 Å². The minimum Gasteiger partial charge on any atom is -0.281 e. The second kappa shape index (κ2) is 3.93. The number of hydrogen-bond acceptors (Lipinski definition) is 2. The number of para-hydroxylation sites is 1. The van der Waals surface area contributed by atoms with Gasteiger partial charge in [0.25, 0.3) is 0 Å². The molecule has 14 heavy (non-hydrogen) atoms. The van der Waals surface area contributed by atoms with Crippen LogP contribution in [-0.4, -0.2) is 10.2 Å². The van der Waals surface area contributed by atoms with Gasteiger partial charge in [-0.2, -0.15) is 10.4 Å². The molecule has 0 radical (unpaired) electrons. The van der Waals surface area contributed by atoms with E-state index in [2.05, 4.69) is 22.3 Å². The predicted molar refractivity (Wildman–Crippen MR) is 54.6 cm³/mol. The fraction of sp³-hybridized carbons (Fsp3) is 0.273. The molecule has 0 saturated carbocycles. The van der Waals surface area contributed by atoms with E-state index in [-0.39, 0.29) is 0 Å². The molecule has 0 aliphatic rings. The Bertz CT molecular complexity index is 465. The molecule has 3 nitrogen and oxygen atoms in total. The van der Waals surface area contributed by atoms with Crippen LogP contribution in [0.3, 0.4) is 0 Å². The van der Waals surface area contributed by atoms with Gasteiger partial charge in [0, 0.05) is 17.5 Å². The Balaban J connectivity index is 2.22. The first-order valence-corrected chi connectivity index (χ1v) is 4.71. The Morgan fingerprint density at radius 3 is 3.07 bits per heavy atom. The van der Waals surface area contributed by atoms with Gasteiger partial charge in [-0.1, -0.05) is 18.2 Å². The van der Waals surface area contributed by atoms with Crippen LogP contribution in [-0.2, 0) is 6.42 Å². The van der Waals surface area contributed by atoms with Crippen LogP contribution in [0.1, 0.15) is 18.5 Å². The number of H-pyrrole nitrogens is 1. The third-order valence-corrected chi connectivity index (χ3v) is 2.26. The summed E-state index contributed by atoms with van der Waals surface area (Å²) in [5, 5.41) is 16.8. The van der Waals surface area contributed by atoms with Gasteiger partial charge in [0.05, 0.1) is 11.6 Å². The Hall–Kier alpha value is -1.82. The first-order valence-electron chi connectivity index (χ1n) is 4.71. The van der Waals surface area contributed by atoms with Crippen LogP contribution >= 0.6 is 0 Å². The van der Waals surface area contributed by atoms with Crippen LogP contribution in [0.4, 0.5) is 0 Å². The van der Waals surface area contributed by atoms with Gasteiger partial charge in [-0.05, 0) is 18.9 Å². The quantitative estimate of drug-likeness (QED) is 0.746. The molecule has 0 unspecified atom stereocenters. The van der Waals surface area contributed by atoms with Crippen molar-refractivity contribution in [2.75, 3.05) is 0 Å². The van der Waals surface area contributed by atoms with Gasteiger partial charge in [-0.3, -0.25) is 5.10 Å². The molecule has 2 rings (SSSR count). The number of hydrogen-bond donors (Lipinski definition) is 1. The summed E-state index contributed by atoms with van der Waals surface area (Å²) in [5.41, 5.74) is 2.13. The minimum atomic E-state index is 0.605. The number of nitrogens with one attached hydrogen (secondary N) is 1. The van der Waals surface area contributed by atoms with E-state index in [0.717, 1.165) is 24.1 Å². The summed E-state index contributed by atoms with van der Waals surface area (Å²) in [6.07, 6.45) is 2.39. The van der Waals surface area contributed by atoms with Gasteiger partial charge in [-0.25, -0.2) is 0 Å². The fourth-order valence-corrected chi connectivity index (χ4v) is 1.55. The van der Waals surface area contributed by atoms with Crippen molar-refractivity contribution in [1.82, 2.24) is 10.2 Å². The molecule has 1 aromatic carbocycles. The molecule has 1 heterocycles. The summed E-state index contributed by atoms with van der Waals surface area (Å²) in [6, 6.07) is 10.2. The molecule has 0 atom stereocenters. The molecular weight excluding hydrogens is 174 g/mol. The second-order valence-electron chi connectivity index (χ2n) is 3.23. The third-order valence-electron chi connectivity index (χ3n) is 2.26. The molecule has 0 fully saturated rings. The predicted octanol–water partition coefficient (Wildman–Crippen LogP) is 2.41. The number of unbranched alkanes of at least 4 members (excludes halogenated alkanes) is 1. The average Bonchev–Trinajstić information content (AvgIpc) is 2.63. The molecule has 3 heteroatoms. The SMILES string of the molecule is N#CCCCc1[nH]nc2ccccc12. The Morgan fingerprint density at radius 2 is 2.21 bits per heavy atom. The number of benzene rings is 1. The number of aryl methyl sites for hydroxylation is 1. The van der Waals surface area contributed by atoms with Crippen LogP contribution in [0.2, 0.25) is 0 Å². The molecule has 0 amide bonds. The molecule has 2 aromatic rings. The van der Waals surface area contributed by atoms with E-state index < -0.39 is 0 Å². The average molecular weight is 185 g/mol. The largest absolute Gasteiger partial charge is 0.281 e. The zero-order valence-corrected chi connectivity index (χ0v) is 7.83. The lowest BCUT2D eigenvalue weighted by atomic mass is 10.1. The van der Waals surface area contributed by atoms with Crippen LogP contribution < -0.4 is 0 Å². The molecule has 1 aromatic heterocycles. The van der Waals surface area contributed by atoms with Crippen molar-refractivity contribution in [2.45, 2.75) is 19.3 Å². The van der Waals surface area contributed by atoms with E-state index >= 15 is 0 Å². The summed E-state index contributed by atoms with van der Waals surface area (Å²) < 4.78 is 0. The van der Waals surface area contributed by atoms with Crippen molar-refractivity contribution in [3.63, 3.8) is 0 Å². The number of aromatic amines is 1. The zero-order valence-electron chi connectivity index (χ0n) is 7.83. The third kappa shape index (κ3) is 1.60. The lowest BCUT2D eigenvalue weighted by Crippen LogP contribution is -1.85. The summed E-state index contributed by atoms with van der Waals surface area (Å²) in [6.45, 7) is 0. The molecule has 0 bridgehead atoms. The molecular formula is C11H11N3. The first-order chi connectivity index (χ1) is 6.92. The van der Waals surface area contributed by atoms with Crippen LogP contribution in [0, 0.1) is 11.3 Å². The number of aromatic nitrogens is 2. The minimum absolute atomic E-state index is 0.605. The molecule has 70 valence electrons. The topological polar surface area (TPSA) is 52.5 Å². The highest BCUT2D eigenvalue weighted by Gasteiger charge is 2.02. The normalized spacial score (nSPS) is 10.2. The molecule has 1 N–H and O–H groups in total. The van der Waals surface area contributed by atoms with E-state index in [4.69, 9.17) is 5.26 Å². The second-order valence-corrected chi connectivity index (χ2v) is 3.23. The number of fused-ring (bicyclic) bond motifs is 1. The highest BCUT2D eigenvalue weighted by Crippen LogP contribution is 2.16. The maximum absolute atomic E-state index is 8.43. The van der Waals surface area contributed by atoms with E-state index in [0.29, 0.717) is 6.42 Å². The van der Waals surface area contributed by atoms with Gasteiger partial charge in [0.2, 0.25) is 0 Å². The van der Waals surface area contributed by atoms with Crippen molar-refractivity contribution >= 4 is 10.9 Å². The first kappa shape index (κ1) is 8.76. The van der Waals surface area contributed by atoms with Crippen LogP contribution in [0.25, 0.3) is 10.9 Å². The fourth-order valence-electron chi connectivity index (χ4n) is 1.55. The zero-order chi connectivity index (χ0) is 9.80. The lowest BCUT2D eigenvalue weighted by Gasteiger charge is -1.94. The summed E-state index contributed by atoms with van der Waals surface area (Å²) in [4.78, 5) is 0. The van der Waals surface area contributed by atoms with Crippen molar-refractivity contribution in [3.8, 4) is 6.07 Å². The number of rotatable bonds is 3. The number of nitrogens with zero attached hydrogens (tertiary/aromatic N) is 2. The van der Waals surface area contributed by atoms with Crippen molar-refractivity contribution in [2.24, 2.45) is 0 Å². The van der Waals surface area contributed by atoms with Gasteiger partial charge in [-0.15, -0.1) is 0 Å². The lowest BCUT2D eigenvalue weighted by molar-refractivity contribution is 0.821. The highest BCUT2D eigenvalue weighted by atomic mass is 15.1. The van der Waals surface area contributed by atoms with Crippen molar-refractivity contribution < 1.29 is 0 Å². The van der Waals surface area contributed by atoms with Crippen LogP contribution in [0.5, 0.6) is 0 Å². The van der Waals surface area contributed by atoms with Gasteiger partial charge in [0.15, 0.2) is 0 Å². The Kier molecular flexibility index (Phi) is 2.46. The maximum Gasteiger partial charge on any atom is 0.0923 e. The molecule has 0 aliphatic carbocycles. The van der Waals surface area contributed by atoms with Crippen molar-refractivity contribution in [1.29, 1.82) is 5.26 Å². The molecule has 0 aliphatic heterocycles. The molecule has 0 saturated heterocycles. The van der Waals surface area contributed by atoms with Gasteiger partial charge < -0.3 is 0 Å². The highest BCUT2D eigenvalue weighted by molar-refractivity contribution is 5.81. The monoisotopic (exact) mass is 185 g/mol. The van der Waals surface area contributed by atoms with E-state index in [1.165, 1.54) is 5.39 Å². The Labute approximate surface area is 82.4 Å². The van der Waals surface area contributed by atoms with Crippen LogP contribution in [0.15, 0.2) is 24.3 Å². The standard InChI is InChI=1S/C11H11N3/c12-8-4-3-7-11-9-5-1-2-6-10(9)13-14-11/h1-2,5-6H,3-4,7H2,(H,13,14).